The molecule has 1 aromatic rings. The molecule has 0 aliphatic carbocycles. The number of piperidine rings is 1. The molecule has 0 unspecified atom stereocenters. The van der Waals surface area contributed by atoms with Crippen LogP contribution in [0.4, 0.5) is 4.79 Å². The molecular formula is C23H33N3O6. The summed E-state index contributed by atoms with van der Waals surface area (Å²) < 4.78 is 5.33. The zero-order chi connectivity index (χ0) is 23.9. The average Bonchev–Trinajstić information content (AvgIpc) is 2.72. The number of carbonyl (C=O) groups excluding carboxylic acids is 3. The predicted molar refractivity (Wildman–Crippen MR) is 118 cm³/mol. The van der Waals surface area contributed by atoms with Crippen LogP contribution < -0.4 is 10.6 Å². The number of likely N-dealkylation sites (tertiary alicyclic amines) is 1. The normalized spacial score (nSPS) is 16.6. The standard InChI is InChI=1S/C23H33N3O6/c1-15(21(29)30)24-19(27)17-10-12-26(13-11-17)20(28)18(14-16-8-6-5-7-9-16)25-22(31)32-23(2,3)4/h5-9,15,17-18H,10-14H2,1-4H3,(H,24,27)(H,25,31)(H,29,30)/t15-,18-/m0/s1. The zero-order valence-corrected chi connectivity index (χ0v) is 19.1. The molecule has 0 saturated carbocycles. The summed E-state index contributed by atoms with van der Waals surface area (Å²) in [5.41, 5.74) is 0.210. The minimum absolute atomic E-state index is 0.238. The van der Waals surface area contributed by atoms with Crippen LogP contribution in [0.2, 0.25) is 0 Å². The lowest BCUT2D eigenvalue weighted by atomic mass is 9.94. The van der Waals surface area contributed by atoms with Crippen molar-refractivity contribution in [3.8, 4) is 0 Å². The third kappa shape index (κ3) is 7.86. The monoisotopic (exact) mass is 447 g/mol. The molecule has 3 N–H and O–H groups in total. The molecule has 9 nitrogen and oxygen atoms in total. The highest BCUT2D eigenvalue weighted by Gasteiger charge is 2.33. The van der Waals surface area contributed by atoms with Crippen molar-refractivity contribution in [3.63, 3.8) is 0 Å². The van der Waals surface area contributed by atoms with Crippen molar-refractivity contribution >= 4 is 23.9 Å². The Morgan fingerprint density at radius 1 is 1.09 bits per heavy atom. The molecule has 0 aromatic heterocycles. The second kappa shape index (κ2) is 11.0. The van der Waals surface area contributed by atoms with E-state index in [4.69, 9.17) is 9.84 Å². The lowest BCUT2D eigenvalue weighted by Crippen LogP contribution is -2.53. The van der Waals surface area contributed by atoms with Crippen LogP contribution in [-0.4, -0.2) is 64.7 Å². The van der Waals surface area contributed by atoms with E-state index >= 15 is 0 Å². The maximum absolute atomic E-state index is 13.2. The Kier molecular flexibility index (Phi) is 8.63. The van der Waals surface area contributed by atoms with Gasteiger partial charge in [-0.15, -0.1) is 0 Å². The maximum atomic E-state index is 13.2. The van der Waals surface area contributed by atoms with Crippen LogP contribution in [0.1, 0.15) is 46.1 Å². The quantitative estimate of drug-likeness (QED) is 0.587. The lowest BCUT2D eigenvalue weighted by molar-refractivity contribution is -0.142. The number of hydrogen-bond donors (Lipinski definition) is 3. The second-order valence-electron chi connectivity index (χ2n) is 9.06. The molecule has 1 fully saturated rings. The van der Waals surface area contributed by atoms with Crippen LogP contribution in [0.5, 0.6) is 0 Å². The van der Waals surface area contributed by atoms with Gasteiger partial charge in [0.05, 0.1) is 0 Å². The summed E-state index contributed by atoms with van der Waals surface area (Å²) in [5, 5.41) is 14.1. The van der Waals surface area contributed by atoms with Gasteiger partial charge in [-0.25, -0.2) is 4.79 Å². The van der Waals surface area contributed by atoms with Crippen molar-refractivity contribution in [2.75, 3.05) is 13.1 Å². The summed E-state index contributed by atoms with van der Waals surface area (Å²) in [6.07, 6.45) is 0.502. The predicted octanol–water partition coefficient (Wildman–Crippen LogP) is 1.95. The summed E-state index contributed by atoms with van der Waals surface area (Å²) >= 11 is 0. The Balaban J connectivity index is 2.02. The molecule has 0 bridgehead atoms. The van der Waals surface area contributed by atoms with E-state index in [1.54, 1.807) is 25.7 Å². The molecule has 1 heterocycles. The molecule has 1 aliphatic heterocycles. The number of alkyl carbamates (subject to hydrolysis) is 1. The van der Waals surface area contributed by atoms with Crippen molar-refractivity contribution in [2.24, 2.45) is 5.92 Å². The van der Waals surface area contributed by atoms with Crippen LogP contribution in [0.25, 0.3) is 0 Å². The third-order valence-corrected chi connectivity index (χ3v) is 5.18. The zero-order valence-electron chi connectivity index (χ0n) is 19.1. The fourth-order valence-corrected chi connectivity index (χ4v) is 3.48. The van der Waals surface area contributed by atoms with Gasteiger partial charge in [0.25, 0.3) is 0 Å². The molecule has 2 rings (SSSR count). The number of nitrogens with zero attached hydrogens (tertiary/aromatic N) is 1. The van der Waals surface area contributed by atoms with E-state index in [1.165, 1.54) is 6.92 Å². The molecule has 9 heteroatoms. The molecule has 1 saturated heterocycles. The van der Waals surface area contributed by atoms with Crippen molar-refractivity contribution in [3.05, 3.63) is 35.9 Å². The van der Waals surface area contributed by atoms with Crippen molar-refractivity contribution in [1.29, 1.82) is 0 Å². The number of hydrogen-bond acceptors (Lipinski definition) is 5. The summed E-state index contributed by atoms with van der Waals surface area (Å²) in [7, 11) is 0. The first-order valence-electron chi connectivity index (χ1n) is 10.8. The number of amides is 3. The first-order chi connectivity index (χ1) is 15.0. The number of benzene rings is 1. The number of ether oxygens (including phenoxy) is 1. The minimum atomic E-state index is -1.09. The number of carbonyl (C=O) groups is 4. The first-order valence-corrected chi connectivity index (χ1v) is 10.8. The second-order valence-corrected chi connectivity index (χ2v) is 9.06. The van der Waals surface area contributed by atoms with E-state index < -0.39 is 29.7 Å². The Morgan fingerprint density at radius 3 is 2.22 bits per heavy atom. The Labute approximate surface area is 188 Å². The van der Waals surface area contributed by atoms with Crippen molar-refractivity contribution in [2.45, 2.75) is 64.6 Å². The van der Waals surface area contributed by atoms with Crippen molar-refractivity contribution in [1.82, 2.24) is 15.5 Å². The van der Waals surface area contributed by atoms with E-state index in [9.17, 15) is 19.2 Å². The van der Waals surface area contributed by atoms with Crippen LogP contribution in [0, 0.1) is 5.92 Å². The highest BCUT2D eigenvalue weighted by atomic mass is 16.6. The molecule has 32 heavy (non-hydrogen) atoms. The minimum Gasteiger partial charge on any atom is -0.480 e. The Morgan fingerprint density at radius 2 is 1.69 bits per heavy atom. The van der Waals surface area contributed by atoms with Crippen LogP contribution in [0.3, 0.4) is 0 Å². The van der Waals surface area contributed by atoms with Crippen LogP contribution >= 0.6 is 0 Å². The first kappa shape index (κ1) is 25.2. The van der Waals surface area contributed by atoms with Crippen LogP contribution in [-0.2, 0) is 25.5 Å². The summed E-state index contributed by atoms with van der Waals surface area (Å²) in [5.74, 6) is -2.01. The van der Waals surface area contributed by atoms with Gasteiger partial charge in [0.15, 0.2) is 0 Å². The van der Waals surface area contributed by atoms with E-state index in [1.807, 2.05) is 30.3 Å². The van der Waals surface area contributed by atoms with Crippen LogP contribution in [0.15, 0.2) is 30.3 Å². The van der Waals surface area contributed by atoms with Gasteiger partial charge in [-0.1, -0.05) is 30.3 Å². The molecule has 0 radical (unpaired) electrons. The molecule has 176 valence electrons. The van der Waals surface area contributed by atoms with Gasteiger partial charge >= 0.3 is 12.1 Å². The number of nitrogens with one attached hydrogen (secondary N) is 2. The highest BCUT2D eigenvalue weighted by Crippen LogP contribution is 2.19. The van der Waals surface area contributed by atoms with E-state index in [0.29, 0.717) is 32.4 Å². The number of carboxylic acids is 1. The fourth-order valence-electron chi connectivity index (χ4n) is 3.48. The van der Waals surface area contributed by atoms with E-state index in [2.05, 4.69) is 10.6 Å². The molecule has 2 atom stereocenters. The van der Waals surface area contributed by atoms with Gasteiger partial charge < -0.3 is 25.4 Å². The average molecular weight is 448 g/mol. The SMILES string of the molecule is C[C@H](NC(=O)C1CCN(C(=O)[C@H](Cc2ccccc2)NC(=O)OC(C)(C)C)CC1)C(=O)O. The fraction of sp³-hybridized carbons (Fsp3) is 0.565. The molecule has 0 spiro atoms. The highest BCUT2D eigenvalue weighted by molar-refractivity contribution is 5.87. The summed E-state index contributed by atoms with van der Waals surface area (Å²) in [6, 6.07) is 7.62. The molecule has 1 aromatic carbocycles. The maximum Gasteiger partial charge on any atom is 0.408 e. The van der Waals surface area contributed by atoms with Crippen molar-refractivity contribution < 1.29 is 29.0 Å². The number of carboxylic acid groups (broad SMARTS) is 1. The molecule has 1 aliphatic rings. The molecular weight excluding hydrogens is 414 g/mol. The van der Waals surface area contributed by atoms with Gasteiger partial charge in [0.2, 0.25) is 11.8 Å². The van der Waals surface area contributed by atoms with Gasteiger partial charge in [0, 0.05) is 25.4 Å². The van der Waals surface area contributed by atoms with Gasteiger partial charge in [-0.3, -0.25) is 14.4 Å². The Bertz CT molecular complexity index is 813. The summed E-state index contributed by atoms with van der Waals surface area (Å²) in [4.78, 5) is 50.4. The summed E-state index contributed by atoms with van der Waals surface area (Å²) in [6.45, 7) is 7.36. The largest absolute Gasteiger partial charge is 0.480 e. The van der Waals surface area contributed by atoms with Gasteiger partial charge in [-0.2, -0.15) is 0 Å². The molecule has 3 amide bonds. The number of rotatable bonds is 7. The third-order valence-electron chi connectivity index (χ3n) is 5.18. The number of aliphatic carboxylic acids is 1. The Hall–Kier alpha value is -3.10. The van der Waals surface area contributed by atoms with E-state index in [-0.39, 0.29) is 17.7 Å². The lowest BCUT2D eigenvalue weighted by Gasteiger charge is -2.34. The van der Waals surface area contributed by atoms with Gasteiger partial charge in [-0.05, 0) is 46.1 Å². The topological polar surface area (TPSA) is 125 Å². The smallest absolute Gasteiger partial charge is 0.408 e. The van der Waals surface area contributed by atoms with E-state index in [0.717, 1.165) is 5.56 Å². The van der Waals surface area contributed by atoms with Gasteiger partial charge in [0.1, 0.15) is 17.7 Å².